The van der Waals surface area contributed by atoms with Crippen LogP contribution in [0.25, 0.3) is 22.3 Å². The van der Waals surface area contributed by atoms with Crippen LogP contribution in [0.5, 0.6) is 0 Å². The maximum atomic E-state index is 12.5. The van der Waals surface area contributed by atoms with E-state index in [0.717, 1.165) is 24.5 Å². The minimum absolute atomic E-state index is 0.281. The van der Waals surface area contributed by atoms with Gasteiger partial charge in [-0.05, 0) is 50.5 Å². The van der Waals surface area contributed by atoms with Crippen molar-refractivity contribution in [2.45, 2.75) is 0 Å². The van der Waals surface area contributed by atoms with Gasteiger partial charge < -0.3 is 25.2 Å². The summed E-state index contributed by atoms with van der Waals surface area (Å²) in [4.78, 5) is 26.1. The number of carbonyl (C=O) groups is 1. The first-order valence-electron chi connectivity index (χ1n) is 12.6. The van der Waals surface area contributed by atoms with E-state index < -0.39 is 0 Å². The summed E-state index contributed by atoms with van der Waals surface area (Å²) in [5, 5.41) is 23.6. The zero-order chi connectivity index (χ0) is 27.2. The Hall–Kier alpha value is -4.79. The smallest absolute Gasteiger partial charge is 0.248 e. The third-order valence-corrected chi connectivity index (χ3v) is 6.13. The van der Waals surface area contributed by atoms with E-state index in [9.17, 15) is 10.1 Å². The van der Waals surface area contributed by atoms with Crippen molar-refractivity contribution in [1.82, 2.24) is 25.1 Å². The molecule has 1 saturated heterocycles. The summed E-state index contributed by atoms with van der Waals surface area (Å²) in [5.41, 5.74) is 4.60. The fourth-order valence-electron chi connectivity index (χ4n) is 4.30. The van der Waals surface area contributed by atoms with Gasteiger partial charge >= 0.3 is 0 Å². The number of fused-ring (bicyclic) bond motifs is 1. The van der Waals surface area contributed by atoms with Crippen LogP contribution < -0.4 is 15.5 Å². The Morgan fingerprint density at radius 2 is 2.03 bits per heavy atom. The quantitative estimate of drug-likeness (QED) is 0.296. The highest BCUT2D eigenvalue weighted by Crippen LogP contribution is 2.31. The predicted molar refractivity (Wildman–Crippen MR) is 151 cm³/mol. The predicted octanol–water partition coefficient (Wildman–Crippen LogP) is 3.53. The molecule has 0 unspecified atom stereocenters. The lowest BCUT2D eigenvalue weighted by molar-refractivity contribution is -0.111. The van der Waals surface area contributed by atoms with Crippen LogP contribution in [0.1, 0.15) is 5.56 Å². The standard InChI is InChI=1S/C28H29N9O2/c1-36(2)8-4-7-25(38)31-22-14-19(17-29)13-20(15-22)26-24-18-30-35-27(24)34-28(33-26)32-21-5-3-6-23(16-21)37-9-11-39-12-10-37/h3-7,13-16,18H,8-12H2,1-2H3,(H,31,38)(H2,30,32,33,34,35)/b7-4+. The third kappa shape index (κ3) is 6.38. The summed E-state index contributed by atoms with van der Waals surface area (Å²) in [6.45, 7) is 3.73. The number of nitriles is 1. The van der Waals surface area contributed by atoms with Gasteiger partial charge in [-0.2, -0.15) is 15.3 Å². The Labute approximate surface area is 226 Å². The molecule has 1 amide bonds. The molecule has 39 heavy (non-hydrogen) atoms. The Balaban J connectivity index is 1.45. The lowest BCUT2D eigenvalue weighted by Gasteiger charge is -2.29. The fraction of sp³-hybridized carbons (Fsp3) is 0.250. The van der Waals surface area contributed by atoms with E-state index in [-0.39, 0.29) is 5.91 Å². The Morgan fingerprint density at radius 3 is 2.82 bits per heavy atom. The van der Waals surface area contributed by atoms with Crippen molar-refractivity contribution < 1.29 is 9.53 Å². The van der Waals surface area contributed by atoms with Crippen molar-refractivity contribution in [1.29, 1.82) is 5.26 Å². The number of aromatic amines is 1. The van der Waals surface area contributed by atoms with Crippen LogP contribution in [-0.2, 0) is 9.53 Å². The highest BCUT2D eigenvalue weighted by atomic mass is 16.5. The first-order valence-corrected chi connectivity index (χ1v) is 12.6. The lowest BCUT2D eigenvalue weighted by atomic mass is 10.0. The van der Waals surface area contributed by atoms with Gasteiger partial charge in [-0.25, -0.2) is 4.98 Å². The Kier molecular flexibility index (Phi) is 7.77. The van der Waals surface area contributed by atoms with Gasteiger partial charge in [0.25, 0.3) is 0 Å². The molecule has 0 saturated carbocycles. The normalized spacial score (nSPS) is 13.6. The van der Waals surface area contributed by atoms with Gasteiger partial charge in [0, 0.05) is 48.3 Å². The number of nitrogens with zero attached hydrogens (tertiary/aromatic N) is 6. The molecule has 11 nitrogen and oxygen atoms in total. The number of hydrogen-bond donors (Lipinski definition) is 3. The van der Waals surface area contributed by atoms with Crippen LogP contribution >= 0.6 is 0 Å². The summed E-state index contributed by atoms with van der Waals surface area (Å²) in [5.74, 6) is 0.0944. The second kappa shape index (κ2) is 11.7. The van der Waals surface area contributed by atoms with Gasteiger partial charge in [0.15, 0.2) is 5.65 Å². The SMILES string of the molecule is CN(C)C/C=C/C(=O)Nc1cc(C#N)cc(-c2nc(Nc3cccc(N4CCOCC4)c3)nc3[nH]ncc23)c1. The Morgan fingerprint density at radius 1 is 1.18 bits per heavy atom. The molecule has 0 atom stereocenters. The number of morpholine rings is 1. The molecule has 11 heteroatoms. The van der Waals surface area contributed by atoms with E-state index in [2.05, 4.69) is 48.9 Å². The number of benzene rings is 2. The molecule has 3 N–H and O–H groups in total. The lowest BCUT2D eigenvalue weighted by Crippen LogP contribution is -2.36. The number of H-pyrrole nitrogens is 1. The molecule has 2 aromatic carbocycles. The molecule has 0 aliphatic carbocycles. The van der Waals surface area contributed by atoms with Crippen LogP contribution in [0, 0.1) is 11.3 Å². The second-order valence-electron chi connectivity index (χ2n) is 9.37. The topological polar surface area (TPSA) is 135 Å². The van der Waals surface area contributed by atoms with Crippen molar-refractivity contribution >= 4 is 40.0 Å². The van der Waals surface area contributed by atoms with Crippen molar-refractivity contribution in [3.63, 3.8) is 0 Å². The number of carbonyl (C=O) groups excluding carboxylic acids is 1. The number of amides is 1. The molecule has 1 aliphatic rings. The van der Waals surface area contributed by atoms with Gasteiger partial charge in [0.05, 0.1) is 42.1 Å². The van der Waals surface area contributed by atoms with Gasteiger partial charge in [-0.3, -0.25) is 9.89 Å². The summed E-state index contributed by atoms with van der Waals surface area (Å²) in [7, 11) is 3.85. The largest absolute Gasteiger partial charge is 0.378 e. The molecule has 1 fully saturated rings. The third-order valence-electron chi connectivity index (χ3n) is 6.13. The number of rotatable bonds is 8. The van der Waals surface area contributed by atoms with E-state index >= 15 is 0 Å². The highest BCUT2D eigenvalue weighted by Gasteiger charge is 2.15. The van der Waals surface area contributed by atoms with Crippen LogP contribution in [0.15, 0.2) is 60.8 Å². The van der Waals surface area contributed by atoms with Gasteiger partial charge in [-0.15, -0.1) is 0 Å². The number of anilines is 4. The number of aromatic nitrogens is 4. The number of hydrogen-bond acceptors (Lipinski definition) is 9. The second-order valence-corrected chi connectivity index (χ2v) is 9.37. The Bertz CT molecular complexity index is 1550. The number of ether oxygens (including phenoxy) is 1. The van der Waals surface area contributed by atoms with Gasteiger partial charge in [0.1, 0.15) is 0 Å². The van der Waals surface area contributed by atoms with E-state index in [1.54, 1.807) is 30.5 Å². The van der Waals surface area contributed by atoms with E-state index in [1.807, 2.05) is 31.1 Å². The summed E-state index contributed by atoms with van der Waals surface area (Å²) in [6.07, 6.45) is 4.90. The number of nitrogens with one attached hydrogen (secondary N) is 3. The summed E-state index contributed by atoms with van der Waals surface area (Å²) in [6, 6.07) is 15.4. The van der Waals surface area contributed by atoms with E-state index in [0.29, 0.717) is 59.2 Å². The molecule has 0 bridgehead atoms. The molecule has 0 radical (unpaired) electrons. The molecule has 5 rings (SSSR count). The minimum Gasteiger partial charge on any atom is -0.378 e. The molecular formula is C28H29N9O2. The molecule has 1 aliphatic heterocycles. The van der Waals surface area contributed by atoms with Crippen molar-refractivity contribution in [2.75, 3.05) is 62.5 Å². The monoisotopic (exact) mass is 523 g/mol. The van der Waals surface area contributed by atoms with Crippen molar-refractivity contribution in [2.24, 2.45) is 0 Å². The van der Waals surface area contributed by atoms with Crippen LogP contribution in [0.2, 0.25) is 0 Å². The van der Waals surface area contributed by atoms with Crippen molar-refractivity contribution in [3.8, 4) is 17.3 Å². The summed E-state index contributed by atoms with van der Waals surface area (Å²) < 4.78 is 5.47. The zero-order valence-corrected chi connectivity index (χ0v) is 21.8. The van der Waals surface area contributed by atoms with E-state index in [4.69, 9.17) is 9.72 Å². The number of likely N-dealkylation sites (N-methyl/N-ethyl adjacent to an activating group) is 1. The van der Waals surface area contributed by atoms with Crippen LogP contribution in [0.3, 0.4) is 0 Å². The fourth-order valence-corrected chi connectivity index (χ4v) is 4.30. The molecule has 3 heterocycles. The van der Waals surface area contributed by atoms with Crippen LogP contribution in [-0.4, -0.2) is 77.9 Å². The van der Waals surface area contributed by atoms with Crippen LogP contribution in [0.4, 0.5) is 23.0 Å². The van der Waals surface area contributed by atoms with Gasteiger partial charge in [0.2, 0.25) is 11.9 Å². The first kappa shape index (κ1) is 25.8. The van der Waals surface area contributed by atoms with E-state index in [1.165, 1.54) is 6.08 Å². The van der Waals surface area contributed by atoms with Crippen molar-refractivity contribution in [3.05, 3.63) is 66.4 Å². The molecule has 198 valence electrons. The zero-order valence-electron chi connectivity index (χ0n) is 21.8. The molecular weight excluding hydrogens is 494 g/mol. The highest BCUT2D eigenvalue weighted by molar-refractivity contribution is 6.00. The van der Waals surface area contributed by atoms with Gasteiger partial charge in [-0.1, -0.05) is 12.1 Å². The average Bonchev–Trinajstić information content (AvgIpc) is 3.41. The minimum atomic E-state index is -0.281. The molecule has 2 aromatic heterocycles. The maximum absolute atomic E-state index is 12.5. The summed E-state index contributed by atoms with van der Waals surface area (Å²) >= 11 is 0. The molecule has 4 aromatic rings. The maximum Gasteiger partial charge on any atom is 0.248 e. The average molecular weight is 524 g/mol. The molecule has 0 spiro atoms. The first-order chi connectivity index (χ1) is 19.0.